The van der Waals surface area contributed by atoms with Gasteiger partial charge < -0.3 is 9.30 Å². The number of nitrogens with zero attached hydrogens (tertiary/aromatic N) is 2. The van der Waals surface area contributed by atoms with Crippen LogP contribution >= 0.6 is 0 Å². The highest BCUT2D eigenvalue weighted by atomic mass is 32.2. The summed E-state index contributed by atoms with van der Waals surface area (Å²) in [5.41, 5.74) is -0.224. The van der Waals surface area contributed by atoms with Crippen LogP contribution in [0.25, 0.3) is 0 Å². The zero-order valence-electron chi connectivity index (χ0n) is 16.1. The van der Waals surface area contributed by atoms with E-state index in [9.17, 15) is 34.8 Å². The smallest absolute Gasteiger partial charge is 0.406 e. The fourth-order valence-corrected chi connectivity index (χ4v) is 5.58. The predicted octanol–water partition coefficient (Wildman–Crippen LogP) is 1.83. The number of aryl methyl sites for hydroxylation is 1. The minimum Gasteiger partial charge on any atom is -0.406 e. The molecule has 31 heavy (non-hydrogen) atoms. The van der Waals surface area contributed by atoms with Gasteiger partial charge >= 0.3 is 6.36 Å². The first-order valence-electron chi connectivity index (χ1n) is 8.89. The number of carbonyl (C=O) groups is 1. The molecule has 0 spiro atoms. The van der Waals surface area contributed by atoms with Crippen molar-refractivity contribution < 1.29 is 39.5 Å². The van der Waals surface area contributed by atoms with Gasteiger partial charge in [-0.1, -0.05) is 0 Å². The molecule has 1 aromatic carbocycles. The second-order valence-electron chi connectivity index (χ2n) is 6.74. The van der Waals surface area contributed by atoms with Crippen LogP contribution in [-0.2, 0) is 27.1 Å². The summed E-state index contributed by atoms with van der Waals surface area (Å²) in [6.07, 6.45) is -2.28. The number of benzene rings is 1. The largest absolute Gasteiger partial charge is 0.573 e. The van der Waals surface area contributed by atoms with E-state index in [4.69, 9.17) is 0 Å². The quantitative estimate of drug-likeness (QED) is 0.673. The average molecular weight is 481 g/mol. The molecule has 1 fully saturated rings. The molecule has 0 bridgehead atoms. The maximum Gasteiger partial charge on any atom is 0.573 e. The van der Waals surface area contributed by atoms with Gasteiger partial charge in [0.15, 0.2) is 0 Å². The van der Waals surface area contributed by atoms with E-state index in [0.29, 0.717) is 13.1 Å². The minimum absolute atomic E-state index is 0.145. The monoisotopic (exact) mass is 481 g/mol. The third-order valence-electron chi connectivity index (χ3n) is 4.51. The van der Waals surface area contributed by atoms with E-state index < -0.39 is 43.0 Å². The van der Waals surface area contributed by atoms with Crippen molar-refractivity contribution in [2.24, 2.45) is 7.05 Å². The lowest BCUT2D eigenvalue weighted by atomic mass is 10.3. The van der Waals surface area contributed by atoms with Crippen LogP contribution in [0.2, 0.25) is 0 Å². The Labute approximate surface area is 176 Å². The standard InChI is InChI=1S/C17H18F3N3O6S2/c1-22-11-14(31(27,28)23-8-2-3-9-23)10-15(22)16(24)21-30(25,26)13-6-4-12(5-7-13)29-17(18,19)20/h4-7,10-11H,2-3,8-9H2,1H3,(H,21,24). The fraction of sp³-hybridized carbons (Fsp3) is 0.353. The molecule has 0 aliphatic carbocycles. The second-order valence-corrected chi connectivity index (χ2v) is 10.4. The van der Waals surface area contributed by atoms with Crippen molar-refractivity contribution >= 4 is 26.0 Å². The molecule has 2 aromatic rings. The van der Waals surface area contributed by atoms with Crippen molar-refractivity contribution in [3.63, 3.8) is 0 Å². The Morgan fingerprint density at radius 3 is 2.16 bits per heavy atom. The lowest BCUT2D eigenvalue weighted by molar-refractivity contribution is -0.274. The number of hydrogen-bond donors (Lipinski definition) is 1. The SMILES string of the molecule is Cn1cc(S(=O)(=O)N2CCCC2)cc1C(=O)NS(=O)(=O)c1ccc(OC(F)(F)F)cc1. The first-order valence-corrected chi connectivity index (χ1v) is 11.8. The highest BCUT2D eigenvalue weighted by molar-refractivity contribution is 7.90. The Bertz CT molecular complexity index is 1180. The fourth-order valence-electron chi connectivity index (χ4n) is 3.03. The summed E-state index contributed by atoms with van der Waals surface area (Å²) >= 11 is 0. The van der Waals surface area contributed by atoms with Crippen LogP contribution in [-0.4, -0.2) is 51.1 Å². The summed E-state index contributed by atoms with van der Waals surface area (Å²) < 4.78 is 94.6. The zero-order chi connectivity index (χ0) is 23.0. The van der Waals surface area contributed by atoms with Gasteiger partial charge in [0.05, 0.1) is 4.90 Å². The van der Waals surface area contributed by atoms with E-state index in [2.05, 4.69) is 4.74 Å². The summed E-state index contributed by atoms with van der Waals surface area (Å²) in [5.74, 6) is -1.72. The summed E-state index contributed by atoms with van der Waals surface area (Å²) in [5, 5.41) is 0. The molecule has 0 unspecified atom stereocenters. The van der Waals surface area contributed by atoms with Crippen LogP contribution in [0.4, 0.5) is 13.2 Å². The maximum atomic E-state index is 12.6. The van der Waals surface area contributed by atoms with E-state index in [1.807, 2.05) is 0 Å². The Morgan fingerprint density at radius 1 is 1.03 bits per heavy atom. The maximum absolute atomic E-state index is 12.6. The molecular formula is C17H18F3N3O6S2. The van der Waals surface area contributed by atoms with Gasteiger partial charge in [-0.3, -0.25) is 4.79 Å². The van der Waals surface area contributed by atoms with Gasteiger partial charge in [-0.2, -0.15) is 4.31 Å². The average Bonchev–Trinajstić information content (AvgIpc) is 3.30. The third-order valence-corrected chi connectivity index (χ3v) is 7.72. The van der Waals surface area contributed by atoms with E-state index >= 15 is 0 Å². The molecule has 9 nitrogen and oxygen atoms in total. The van der Waals surface area contributed by atoms with Crippen LogP contribution in [0.5, 0.6) is 5.75 Å². The molecule has 1 aromatic heterocycles. The van der Waals surface area contributed by atoms with Gasteiger partial charge in [0.2, 0.25) is 10.0 Å². The Hall–Kier alpha value is -2.58. The number of sulfonamides is 2. The molecule has 1 aliphatic heterocycles. The normalized spacial score (nSPS) is 15.7. The van der Waals surface area contributed by atoms with Gasteiger partial charge in [0, 0.05) is 26.3 Å². The minimum atomic E-state index is -4.94. The van der Waals surface area contributed by atoms with Gasteiger partial charge in [0.25, 0.3) is 15.9 Å². The number of amides is 1. The number of hydrogen-bond acceptors (Lipinski definition) is 6. The topological polar surface area (TPSA) is 115 Å². The molecule has 1 N–H and O–H groups in total. The molecule has 14 heteroatoms. The van der Waals surface area contributed by atoms with Crippen LogP contribution in [0.15, 0.2) is 46.3 Å². The number of aromatic nitrogens is 1. The number of alkyl halides is 3. The molecule has 0 radical (unpaired) electrons. The zero-order valence-corrected chi connectivity index (χ0v) is 17.7. The Morgan fingerprint density at radius 2 is 1.61 bits per heavy atom. The number of ether oxygens (including phenoxy) is 1. The van der Waals surface area contributed by atoms with Crippen LogP contribution < -0.4 is 9.46 Å². The van der Waals surface area contributed by atoms with Crippen molar-refractivity contribution in [1.29, 1.82) is 0 Å². The van der Waals surface area contributed by atoms with Crippen molar-refractivity contribution in [3.05, 3.63) is 42.2 Å². The summed E-state index contributed by atoms with van der Waals surface area (Å²) in [7, 11) is -6.87. The van der Waals surface area contributed by atoms with E-state index in [1.54, 1.807) is 4.72 Å². The molecule has 1 amide bonds. The first kappa shape index (κ1) is 23.1. The van der Waals surface area contributed by atoms with Crippen molar-refractivity contribution in [1.82, 2.24) is 13.6 Å². The number of carbonyl (C=O) groups excluding carboxylic acids is 1. The van der Waals surface area contributed by atoms with Crippen molar-refractivity contribution in [3.8, 4) is 5.75 Å². The van der Waals surface area contributed by atoms with Crippen LogP contribution in [0.1, 0.15) is 23.3 Å². The van der Waals surface area contributed by atoms with Gasteiger partial charge in [-0.25, -0.2) is 21.6 Å². The van der Waals surface area contributed by atoms with Crippen molar-refractivity contribution in [2.45, 2.75) is 29.0 Å². The lowest BCUT2D eigenvalue weighted by Crippen LogP contribution is -2.31. The lowest BCUT2D eigenvalue weighted by Gasteiger charge is -2.13. The summed E-state index contributed by atoms with van der Waals surface area (Å²) in [6.45, 7) is 0.725. The van der Waals surface area contributed by atoms with Gasteiger partial charge in [0.1, 0.15) is 16.3 Å². The summed E-state index contributed by atoms with van der Waals surface area (Å²) in [4.78, 5) is 11.9. The molecule has 0 saturated carbocycles. The number of halogens is 3. The van der Waals surface area contributed by atoms with E-state index in [1.165, 1.54) is 22.1 Å². The second kappa shape index (κ2) is 8.16. The van der Waals surface area contributed by atoms with Gasteiger partial charge in [-0.15, -0.1) is 13.2 Å². The van der Waals surface area contributed by atoms with Crippen LogP contribution in [0.3, 0.4) is 0 Å². The molecular weight excluding hydrogens is 463 g/mol. The summed E-state index contributed by atoms with van der Waals surface area (Å²) in [6, 6.07) is 4.32. The molecule has 0 atom stereocenters. The molecule has 2 heterocycles. The Kier molecular flexibility index (Phi) is 6.08. The highest BCUT2D eigenvalue weighted by Gasteiger charge is 2.32. The highest BCUT2D eigenvalue weighted by Crippen LogP contribution is 2.25. The molecule has 3 rings (SSSR count). The molecule has 1 saturated heterocycles. The number of nitrogens with one attached hydrogen (secondary N) is 1. The molecule has 170 valence electrons. The predicted molar refractivity (Wildman–Crippen MR) is 101 cm³/mol. The molecule has 1 aliphatic rings. The van der Waals surface area contributed by atoms with E-state index in [0.717, 1.165) is 43.2 Å². The number of rotatable bonds is 6. The van der Waals surface area contributed by atoms with Gasteiger partial charge in [-0.05, 0) is 43.2 Å². The third kappa shape index (κ3) is 5.19. The van der Waals surface area contributed by atoms with Crippen molar-refractivity contribution in [2.75, 3.05) is 13.1 Å². The Balaban J connectivity index is 1.78. The first-order chi connectivity index (χ1) is 14.3. The van der Waals surface area contributed by atoms with E-state index in [-0.39, 0.29) is 10.6 Å². The van der Waals surface area contributed by atoms with Crippen LogP contribution in [0, 0.1) is 0 Å².